The Morgan fingerprint density at radius 1 is 0.968 bits per heavy atom. The molecule has 0 saturated carbocycles. The van der Waals surface area contributed by atoms with Crippen molar-refractivity contribution in [3.05, 3.63) is 60.7 Å². The summed E-state index contributed by atoms with van der Waals surface area (Å²) in [5, 5.41) is 0. The number of nitrogens with zero attached hydrogens (tertiary/aromatic N) is 4. The number of ether oxygens (including phenoxy) is 1. The maximum absolute atomic E-state index is 5.34. The van der Waals surface area contributed by atoms with Gasteiger partial charge in [-0.25, -0.2) is 9.97 Å². The predicted molar refractivity (Wildman–Crippen MR) is 125 cm³/mol. The average Bonchev–Trinajstić information content (AvgIpc) is 2.79. The van der Waals surface area contributed by atoms with Crippen molar-refractivity contribution in [2.45, 2.75) is 39.5 Å². The molecule has 1 aliphatic heterocycles. The van der Waals surface area contributed by atoms with Crippen LogP contribution in [0.15, 0.2) is 55.0 Å². The van der Waals surface area contributed by atoms with Gasteiger partial charge in [0.15, 0.2) is 5.82 Å². The molecule has 0 N–H and O–H groups in total. The second-order valence-electron chi connectivity index (χ2n) is 9.57. The monoisotopic (exact) mass is 416 g/mol. The first-order valence-electron chi connectivity index (χ1n) is 11.1. The summed E-state index contributed by atoms with van der Waals surface area (Å²) >= 11 is 0. The normalized spacial score (nSPS) is 15.7. The number of aromatic nitrogens is 3. The number of rotatable bonds is 5. The van der Waals surface area contributed by atoms with Crippen molar-refractivity contribution >= 4 is 0 Å². The summed E-state index contributed by atoms with van der Waals surface area (Å²) in [5.74, 6) is 2.05. The molecule has 4 rings (SSSR count). The van der Waals surface area contributed by atoms with Gasteiger partial charge in [0.2, 0.25) is 0 Å². The van der Waals surface area contributed by atoms with Gasteiger partial charge in [0.05, 0.1) is 12.8 Å². The van der Waals surface area contributed by atoms with Gasteiger partial charge in [0.25, 0.3) is 0 Å². The van der Waals surface area contributed by atoms with E-state index >= 15 is 0 Å². The Bertz CT molecular complexity index is 988. The molecule has 0 atom stereocenters. The average molecular weight is 417 g/mol. The Morgan fingerprint density at radius 3 is 2.26 bits per heavy atom. The molecular weight excluding hydrogens is 384 g/mol. The minimum atomic E-state index is 0.324. The fourth-order valence-electron chi connectivity index (χ4n) is 4.37. The van der Waals surface area contributed by atoms with Gasteiger partial charge in [-0.2, -0.15) is 0 Å². The Kier molecular flexibility index (Phi) is 6.33. The second kappa shape index (κ2) is 9.15. The van der Waals surface area contributed by atoms with Crippen LogP contribution in [0, 0.1) is 5.41 Å². The van der Waals surface area contributed by atoms with Gasteiger partial charge >= 0.3 is 0 Å². The van der Waals surface area contributed by atoms with Gasteiger partial charge < -0.3 is 9.64 Å². The Balaban J connectivity index is 1.66. The third-order valence-corrected chi connectivity index (χ3v) is 5.83. The molecule has 31 heavy (non-hydrogen) atoms. The van der Waals surface area contributed by atoms with Crippen LogP contribution in [0.1, 0.15) is 45.2 Å². The van der Waals surface area contributed by atoms with E-state index in [1.807, 2.05) is 30.5 Å². The molecule has 1 aromatic carbocycles. The largest absolute Gasteiger partial charge is 0.497 e. The molecule has 2 aromatic heterocycles. The van der Waals surface area contributed by atoms with Crippen LogP contribution in [0.3, 0.4) is 0 Å². The standard InChI is InChI=1S/C26H32N4O/c1-26(2,3)18-30-15-11-20(12-16-30)24-23(19-5-7-22(31-4)8-6-19)17-28-25(29-24)21-9-13-27-14-10-21/h5-10,13-14,17,20H,11-12,15-16,18H2,1-4H3. The van der Waals surface area contributed by atoms with Crippen molar-refractivity contribution in [3.8, 4) is 28.3 Å². The number of benzene rings is 1. The predicted octanol–water partition coefficient (Wildman–Crippen LogP) is 5.44. The van der Waals surface area contributed by atoms with Gasteiger partial charge in [0, 0.05) is 42.2 Å². The van der Waals surface area contributed by atoms with E-state index in [-0.39, 0.29) is 0 Å². The highest BCUT2D eigenvalue weighted by Gasteiger charge is 2.27. The lowest BCUT2D eigenvalue weighted by molar-refractivity contribution is 0.153. The molecular formula is C26H32N4O. The minimum Gasteiger partial charge on any atom is -0.497 e. The zero-order chi connectivity index (χ0) is 21.8. The molecule has 0 aliphatic carbocycles. The van der Waals surface area contributed by atoms with Crippen LogP contribution in [0.2, 0.25) is 0 Å². The maximum Gasteiger partial charge on any atom is 0.159 e. The summed E-state index contributed by atoms with van der Waals surface area (Å²) in [7, 11) is 1.69. The summed E-state index contributed by atoms with van der Waals surface area (Å²) in [6, 6.07) is 12.1. The summed E-state index contributed by atoms with van der Waals surface area (Å²) in [6.07, 6.45) is 7.81. The van der Waals surface area contributed by atoms with Crippen molar-refractivity contribution in [1.82, 2.24) is 19.9 Å². The van der Waals surface area contributed by atoms with E-state index in [0.29, 0.717) is 11.3 Å². The van der Waals surface area contributed by atoms with Crippen LogP contribution >= 0.6 is 0 Å². The van der Waals surface area contributed by atoms with Gasteiger partial charge in [-0.1, -0.05) is 32.9 Å². The highest BCUT2D eigenvalue weighted by Crippen LogP contribution is 2.36. The van der Waals surface area contributed by atoms with E-state index in [1.165, 1.54) is 0 Å². The SMILES string of the molecule is COc1ccc(-c2cnc(-c3ccncc3)nc2C2CCN(CC(C)(C)C)CC2)cc1. The smallest absolute Gasteiger partial charge is 0.159 e. The van der Waals surface area contributed by atoms with Crippen molar-refractivity contribution in [2.24, 2.45) is 5.41 Å². The molecule has 0 bridgehead atoms. The molecule has 5 heteroatoms. The number of piperidine rings is 1. The molecule has 5 nitrogen and oxygen atoms in total. The second-order valence-corrected chi connectivity index (χ2v) is 9.57. The number of hydrogen-bond acceptors (Lipinski definition) is 5. The summed E-state index contributed by atoms with van der Waals surface area (Å²) < 4.78 is 5.34. The highest BCUT2D eigenvalue weighted by molar-refractivity contribution is 5.68. The quantitative estimate of drug-likeness (QED) is 0.554. The first-order chi connectivity index (χ1) is 14.9. The maximum atomic E-state index is 5.34. The minimum absolute atomic E-state index is 0.324. The lowest BCUT2D eigenvalue weighted by Crippen LogP contribution is -2.38. The third-order valence-electron chi connectivity index (χ3n) is 5.83. The van der Waals surface area contributed by atoms with Crippen LogP contribution < -0.4 is 4.74 Å². The molecule has 0 radical (unpaired) electrons. The van der Waals surface area contributed by atoms with Crippen molar-refractivity contribution in [1.29, 1.82) is 0 Å². The van der Waals surface area contributed by atoms with Crippen LogP contribution in [0.25, 0.3) is 22.5 Å². The van der Waals surface area contributed by atoms with Crippen LogP contribution in [0.5, 0.6) is 5.75 Å². The van der Waals surface area contributed by atoms with E-state index in [0.717, 1.165) is 66.4 Å². The highest BCUT2D eigenvalue weighted by atomic mass is 16.5. The fourth-order valence-corrected chi connectivity index (χ4v) is 4.37. The molecule has 162 valence electrons. The zero-order valence-corrected chi connectivity index (χ0v) is 19.0. The Labute approximate surface area is 185 Å². The van der Waals surface area contributed by atoms with E-state index in [1.54, 1.807) is 19.5 Å². The van der Waals surface area contributed by atoms with Crippen molar-refractivity contribution in [3.63, 3.8) is 0 Å². The number of likely N-dealkylation sites (tertiary alicyclic amines) is 1. The van der Waals surface area contributed by atoms with Gasteiger partial charge in [0.1, 0.15) is 5.75 Å². The molecule has 1 fully saturated rings. The summed E-state index contributed by atoms with van der Waals surface area (Å²) in [4.78, 5) is 16.5. The topological polar surface area (TPSA) is 51.1 Å². The van der Waals surface area contributed by atoms with E-state index < -0.39 is 0 Å². The van der Waals surface area contributed by atoms with Gasteiger partial charge in [-0.05, 0) is 61.2 Å². The Hall–Kier alpha value is -2.79. The molecule has 0 amide bonds. The van der Waals surface area contributed by atoms with Gasteiger partial charge in [-0.3, -0.25) is 4.98 Å². The first-order valence-corrected chi connectivity index (χ1v) is 11.1. The van der Waals surface area contributed by atoms with Gasteiger partial charge in [-0.15, -0.1) is 0 Å². The lowest BCUT2D eigenvalue weighted by atomic mass is 9.87. The molecule has 1 saturated heterocycles. The molecule has 0 spiro atoms. The molecule has 1 aliphatic rings. The first kappa shape index (κ1) is 21.4. The number of pyridine rings is 1. The third kappa shape index (κ3) is 5.28. The Morgan fingerprint density at radius 2 is 1.65 bits per heavy atom. The fraction of sp³-hybridized carbons (Fsp3) is 0.423. The van der Waals surface area contributed by atoms with Crippen LogP contribution in [-0.2, 0) is 0 Å². The van der Waals surface area contributed by atoms with Crippen molar-refractivity contribution < 1.29 is 4.74 Å². The van der Waals surface area contributed by atoms with Crippen LogP contribution in [0.4, 0.5) is 0 Å². The van der Waals surface area contributed by atoms with Crippen LogP contribution in [-0.4, -0.2) is 46.6 Å². The molecule has 3 heterocycles. The summed E-state index contributed by atoms with van der Waals surface area (Å²) in [6.45, 7) is 10.3. The number of hydrogen-bond donors (Lipinski definition) is 0. The molecule has 0 unspecified atom stereocenters. The zero-order valence-electron chi connectivity index (χ0n) is 19.0. The van der Waals surface area contributed by atoms with Crippen molar-refractivity contribution in [2.75, 3.05) is 26.7 Å². The lowest BCUT2D eigenvalue weighted by Gasteiger charge is -2.36. The van der Waals surface area contributed by atoms with E-state index in [2.05, 4.69) is 42.8 Å². The number of methoxy groups -OCH3 is 1. The summed E-state index contributed by atoms with van der Waals surface area (Å²) in [5.41, 5.74) is 4.74. The molecule has 3 aromatic rings. The van der Waals surface area contributed by atoms with E-state index in [4.69, 9.17) is 14.7 Å². The van der Waals surface area contributed by atoms with E-state index in [9.17, 15) is 0 Å².